The van der Waals surface area contributed by atoms with Gasteiger partial charge >= 0.3 is 0 Å². The first-order chi connectivity index (χ1) is 11.1. The number of nitro groups is 1. The van der Waals surface area contributed by atoms with E-state index in [4.69, 9.17) is 9.47 Å². The van der Waals surface area contributed by atoms with Gasteiger partial charge in [0, 0.05) is 32.0 Å². The number of benzene rings is 1. The molecule has 0 atom stereocenters. The Kier molecular flexibility index (Phi) is 6.61. The van der Waals surface area contributed by atoms with Gasteiger partial charge in [0.15, 0.2) is 6.29 Å². The minimum absolute atomic E-state index is 0.0464. The molecule has 0 heterocycles. The minimum atomic E-state index is -0.454. The number of nitrogens with one attached hydrogen (secondary N) is 2. The van der Waals surface area contributed by atoms with Gasteiger partial charge in [-0.05, 0) is 25.0 Å². The van der Waals surface area contributed by atoms with E-state index in [-0.39, 0.29) is 10.6 Å². The zero-order valence-corrected chi connectivity index (χ0v) is 13.7. The molecule has 2 rings (SSSR count). The van der Waals surface area contributed by atoms with Crippen LogP contribution in [0.4, 0.5) is 17.1 Å². The molecule has 7 nitrogen and oxygen atoms in total. The molecule has 128 valence electrons. The van der Waals surface area contributed by atoms with Gasteiger partial charge in [-0.25, -0.2) is 0 Å². The fourth-order valence-electron chi connectivity index (χ4n) is 2.87. The second kappa shape index (κ2) is 8.69. The van der Waals surface area contributed by atoms with Crippen LogP contribution in [-0.2, 0) is 9.47 Å². The maximum absolute atomic E-state index is 11.2. The van der Waals surface area contributed by atoms with Crippen molar-refractivity contribution in [2.75, 3.05) is 31.4 Å². The first-order valence-corrected chi connectivity index (χ1v) is 7.98. The fourth-order valence-corrected chi connectivity index (χ4v) is 2.87. The highest BCUT2D eigenvalue weighted by molar-refractivity contribution is 5.68. The summed E-state index contributed by atoms with van der Waals surface area (Å²) in [6, 6.07) is 5.53. The summed E-state index contributed by atoms with van der Waals surface area (Å²) in [7, 11) is 3.07. The Balaban J connectivity index is 2.09. The van der Waals surface area contributed by atoms with Gasteiger partial charge in [-0.1, -0.05) is 19.3 Å². The van der Waals surface area contributed by atoms with Crippen molar-refractivity contribution in [3.05, 3.63) is 28.3 Å². The van der Waals surface area contributed by atoms with Crippen molar-refractivity contribution in [1.29, 1.82) is 0 Å². The van der Waals surface area contributed by atoms with Crippen LogP contribution in [0.5, 0.6) is 0 Å². The van der Waals surface area contributed by atoms with E-state index in [1.807, 2.05) is 0 Å². The normalized spacial score (nSPS) is 15.6. The van der Waals surface area contributed by atoms with Crippen LogP contribution in [0, 0.1) is 10.1 Å². The second-order valence-corrected chi connectivity index (χ2v) is 5.75. The third-order valence-electron chi connectivity index (χ3n) is 4.15. The molecule has 0 radical (unpaired) electrons. The quantitative estimate of drug-likeness (QED) is 0.433. The molecular weight excluding hydrogens is 298 g/mol. The predicted molar refractivity (Wildman–Crippen MR) is 89.9 cm³/mol. The van der Waals surface area contributed by atoms with Crippen LogP contribution in [0.3, 0.4) is 0 Å². The zero-order chi connectivity index (χ0) is 16.7. The molecule has 1 fully saturated rings. The summed E-state index contributed by atoms with van der Waals surface area (Å²) >= 11 is 0. The van der Waals surface area contributed by atoms with Crippen LogP contribution >= 0.6 is 0 Å². The highest BCUT2D eigenvalue weighted by atomic mass is 16.7. The van der Waals surface area contributed by atoms with E-state index < -0.39 is 6.29 Å². The average molecular weight is 323 g/mol. The van der Waals surface area contributed by atoms with E-state index in [9.17, 15) is 10.1 Å². The number of hydrogen-bond acceptors (Lipinski definition) is 6. The highest BCUT2D eigenvalue weighted by Gasteiger charge is 2.18. The van der Waals surface area contributed by atoms with E-state index in [0.29, 0.717) is 18.3 Å². The van der Waals surface area contributed by atoms with Gasteiger partial charge in [0.2, 0.25) is 0 Å². The molecule has 0 spiro atoms. The first kappa shape index (κ1) is 17.5. The van der Waals surface area contributed by atoms with Crippen LogP contribution in [0.2, 0.25) is 0 Å². The van der Waals surface area contributed by atoms with Crippen molar-refractivity contribution in [1.82, 2.24) is 0 Å². The highest BCUT2D eigenvalue weighted by Crippen LogP contribution is 2.29. The lowest BCUT2D eigenvalue weighted by Gasteiger charge is -2.24. The molecule has 1 aromatic carbocycles. The molecule has 7 heteroatoms. The molecule has 0 aromatic heterocycles. The molecule has 0 saturated heterocycles. The maximum atomic E-state index is 11.2. The van der Waals surface area contributed by atoms with Gasteiger partial charge in [-0.3, -0.25) is 10.1 Å². The Labute approximate surface area is 136 Å². The Morgan fingerprint density at radius 2 is 1.96 bits per heavy atom. The lowest BCUT2D eigenvalue weighted by atomic mass is 9.95. The summed E-state index contributed by atoms with van der Waals surface area (Å²) in [6.45, 7) is 0.334. The average Bonchev–Trinajstić information content (AvgIpc) is 2.56. The van der Waals surface area contributed by atoms with Crippen molar-refractivity contribution < 1.29 is 14.4 Å². The van der Waals surface area contributed by atoms with Crippen LogP contribution in [-0.4, -0.2) is 38.0 Å². The van der Waals surface area contributed by atoms with Crippen LogP contribution < -0.4 is 10.6 Å². The van der Waals surface area contributed by atoms with Crippen LogP contribution in [0.15, 0.2) is 18.2 Å². The topological polar surface area (TPSA) is 85.7 Å². The van der Waals surface area contributed by atoms with E-state index in [1.165, 1.54) is 39.5 Å². The largest absolute Gasteiger partial charge is 0.382 e. The zero-order valence-electron chi connectivity index (χ0n) is 13.7. The van der Waals surface area contributed by atoms with Gasteiger partial charge in [0.05, 0.1) is 11.5 Å². The molecule has 0 unspecified atom stereocenters. The SMILES string of the molecule is COC(CNc1cc(NC2CCCCC2)ccc1[N+](=O)[O-])OC. The Hall–Kier alpha value is -1.86. The Morgan fingerprint density at radius 3 is 2.57 bits per heavy atom. The first-order valence-electron chi connectivity index (χ1n) is 7.98. The molecule has 2 N–H and O–H groups in total. The molecular formula is C16H25N3O4. The molecule has 1 aliphatic carbocycles. The molecule has 1 aromatic rings. The number of ether oxygens (including phenoxy) is 2. The van der Waals surface area contributed by atoms with Gasteiger partial charge in [-0.15, -0.1) is 0 Å². The molecule has 0 amide bonds. The van der Waals surface area contributed by atoms with Gasteiger partial charge in [0.1, 0.15) is 5.69 Å². The van der Waals surface area contributed by atoms with Crippen molar-refractivity contribution in [2.45, 2.75) is 44.4 Å². The number of rotatable bonds is 8. The number of nitro benzene ring substituents is 1. The van der Waals surface area contributed by atoms with E-state index in [0.717, 1.165) is 18.5 Å². The van der Waals surface area contributed by atoms with Crippen molar-refractivity contribution in [3.63, 3.8) is 0 Å². The van der Waals surface area contributed by atoms with Gasteiger partial charge in [0.25, 0.3) is 5.69 Å². The summed E-state index contributed by atoms with van der Waals surface area (Å²) in [4.78, 5) is 10.8. The smallest absolute Gasteiger partial charge is 0.292 e. The summed E-state index contributed by atoms with van der Waals surface area (Å²) in [5, 5.41) is 17.7. The molecule has 1 saturated carbocycles. The minimum Gasteiger partial charge on any atom is -0.382 e. The molecule has 23 heavy (non-hydrogen) atoms. The van der Waals surface area contributed by atoms with Gasteiger partial charge in [-0.2, -0.15) is 0 Å². The molecule has 0 aliphatic heterocycles. The van der Waals surface area contributed by atoms with Crippen molar-refractivity contribution in [3.8, 4) is 0 Å². The summed E-state index contributed by atoms with van der Waals surface area (Å²) < 4.78 is 10.2. The van der Waals surface area contributed by atoms with Crippen LogP contribution in [0.1, 0.15) is 32.1 Å². The lowest BCUT2D eigenvalue weighted by Crippen LogP contribution is -2.24. The predicted octanol–water partition coefficient (Wildman–Crippen LogP) is 3.37. The Morgan fingerprint density at radius 1 is 1.26 bits per heavy atom. The summed E-state index contributed by atoms with van der Waals surface area (Å²) in [6.07, 6.45) is 5.60. The van der Waals surface area contributed by atoms with Crippen LogP contribution in [0.25, 0.3) is 0 Å². The fraction of sp³-hybridized carbons (Fsp3) is 0.625. The van der Waals surface area contributed by atoms with E-state index >= 15 is 0 Å². The monoisotopic (exact) mass is 323 g/mol. The number of anilines is 2. The Bertz CT molecular complexity index is 514. The number of hydrogen-bond donors (Lipinski definition) is 2. The lowest BCUT2D eigenvalue weighted by molar-refractivity contribution is -0.384. The van der Waals surface area contributed by atoms with Gasteiger partial charge < -0.3 is 20.1 Å². The molecule has 1 aliphatic rings. The molecule has 0 bridgehead atoms. The standard InChI is InChI=1S/C16H25N3O4/c1-22-16(23-2)11-17-14-10-13(8-9-15(14)19(20)21)18-12-6-4-3-5-7-12/h8-10,12,16-18H,3-7,11H2,1-2H3. The maximum Gasteiger partial charge on any atom is 0.292 e. The van der Waals surface area contributed by atoms with Crippen molar-refractivity contribution in [2.24, 2.45) is 0 Å². The number of methoxy groups -OCH3 is 2. The van der Waals surface area contributed by atoms with E-state index in [1.54, 1.807) is 12.1 Å². The summed E-state index contributed by atoms with van der Waals surface area (Å²) in [5.41, 5.74) is 1.41. The number of nitrogens with zero attached hydrogens (tertiary/aromatic N) is 1. The second-order valence-electron chi connectivity index (χ2n) is 5.75. The third kappa shape index (κ3) is 5.07. The van der Waals surface area contributed by atoms with E-state index in [2.05, 4.69) is 10.6 Å². The summed E-state index contributed by atoms with van der Waals surface area (Å²) in [5.74, 6) is 0. The third-order valence-corrected chi connectivity index (χ3v) is 4.15. The van der Waals surface area contributed by atoms with Crippen molar-refractivity contribution >= 4 is 17.1 Å².